The smallest absolute Gasteiger partial charge is 0.325 e. The third-order valence-electron chi connectivity index (χ3n) is 13.8. The largest absolute Gasteiger partial charge is 0.370 e. The Morgan fingerprint density at radius 3 is 2.22 bits per heavy atom. The maximum atomic E-state index is 14.6. The number of guanidine groups is 1. The van der Waals surface area contributed by atoms with Crippen LogP contribution in [0.2, 0.25) is 0 Å². The summed E-state index contributed by atoms with van der Waals surface area (Å²) in [5, 5.41) is 29.8. The zero-order valence-electron chi connectivity index (χ0n) is 39.7. The van der Waals surface area contributed by atoms with Crippen molar-refractivity contribution in [2.75, 3.05) is 19.6 Å². The number of aromatic nitrogens is 1. The number of nitrogens with one attached hydrogen (secondary N) is 9. The maximum absolute atomic E-state index is 14.6. The Hall–Kier alpha value is -8.13. The van der Waals surface area contributed by atoms with Crippen molar-refractivity contribution in [3.63, 3.8) is 0 Å². The van der Waals surface area contributed by atoms with Crippen LogP contribution in [0.3, 0.4) is 0 Å². The monoisotopic (exact) mass is 980 g/mol. The fraction of sp³-hybridized carbons (Fsp3) is 0.365. The first kappa shape index (κ1) is 50.3. The lowest BCUT2D eigenvalue weighted by Gasteiger charge is -2.35. The van der Waals surface area contributed by atoms with E-state index in [0.29, 0.717) is 29.5 Å². The van der Waals surface area contributed by atoms with Gasteiger partial charge in [0.15, 0.2) is 11.7 Å². The van der Waals surface area contributed by atoms with E-state index >= 15 is 0 Å². The quantitative estimate of drug-likeness (QED) is 0.0428. The van der Waals surface area contributed by atoms with Crippen molar-refractivity contribution in [3.8, 4) is 0 Å². The van der Waals surface area contributed by atoms with Gasteiger partial charge >= 0.3 is 6.03 Å². The van der Waals surface area contributed by atoms with Gasteiger partial charge in [-0.25, -0.2) is 9.69 Å². The molecule has 3 aliphatic rings. The second-order valence-electron chi connectivity index (χ2n) is 18.8. The molecule has 1 spiro atoms. The van der Waals surface area contributed by atoms with Crippen LogP contribution in [0, 0.1) is 5.41 Å². The Balaban J connectivity index is 1.10. The Labute approximate surface area is 415 Å². The summed E-state index contributed by atoms with van der Waals surface area (Å²) >= 11 is 0. The molecule has 2 saturated heterocycles. The normalized spacial score (nSPS) is 22.6. The highest BCUT2D eigenvalue weighted by Gasteiger charge is 2.57. The number of urea groups is 1. The maximum Gasteiger partial charge on any atom is 0.325 e. The minimum absolute atomic E-state index is 0.00388. The number of carbonyl (C=O) groups excluding carboxylic acids is 8. The number of H-pyrrole nitrogens is 1. The molecule has 1 aliphatic carbocycles. The molecular weight excluding hydrogens is 921 g/mol. The average Bonchev–Trinajstić information content (AvgIpc) is 4.04. The van der Waals surface area contributed by atoms with Gasteiger partial charge in [-0.05, 0) is 84.2 Å². The molecule has 0 radical (unpaired) electrons. The van der Waals surface area contributed by atoms with E-state index in [0.717, 1.165) is 32.1 Å². The molecule has 0 unspecified atom stereocenters. The lowest BCUT2D eigenvalue weighted by atomic mass is 9.91. The highest BCUT2D eigenvalue weighted by molar-refractivity contribution is 6.11. The van der Waals surface area contributed by atoms with Crippen molar-refractivity contribution in [2.24, 2.45) is 11.5 Å². The summed E-state index contributed by atoms with van der Waals surface area (Å²) in [6, 6.07) is 21.5. The molecule has 2 fully saturated rings. The average molecular weight is 981 g/mol. The molecule has 3 heterocycles. The number of hydrogen-bond donors (Lipinski definition) is 11. The number of aromatic amines is 1. The van der Waals surface area contributed by atoms with Crippen molar-refractivity contribution < 1.29 is 38.4 Å². The highest BCUT2D eigenvalue weighted by Crippen LogP contribution is 2.37. The number of rotatable bonds is 9. The number of nitrogens with two attached hydrogens (primary N) is 2. The second kappa shape index (κ2) is 22.3. The lowest BCUT2D eigenvalue weighted by molar-refractivity contribution is -0.143. The molecule has 0 saturated carbocycles. The molecule has 8 amide bonds. The zero-order chi connectivity index (χ0) is 50.9. The van der Waals surface area contributed by atoms with E-state index in [1.165, 1.54) is 0 Å². The molecule has 2 aliphatic heterocycles. The number of para-hydroxylation sites is 1. The van der Waals surface area contributed by atoms with E-state index in [-0.39, 0.29) is 76.2 Å². The summed E-state index contributed by atoms with van der Waals surface area (Å²) in [6.45, 7) is -0.233. The van der Waals surface area contributed by atoms with Crippen molar-refractivity contribution in [3.05, 3.63) is 119 Å². The first-order chi connectivity index (χ1) is 34.7. The van der Waals surface area contributed by atoms with Crippen LogP contribution < -0.4 is 48.7 Å². The Bertz CT molecular complexity index is 2890. The van der Waals surface area contributed by atoms with Crippen LogP contribution in [0.5, 0.6) is 0 Å². The molecule has 13 N–H and O–H groups in total. The summed E-state index contributed by atoms with van der Waals surface area (Å²) in [7, 11) is 0. The number of benzene rings is 4. The van der Waals surface area contributed by atoms with E-state index in [9.17, 15) is 38.4 Å². The Morgan fingerprint density at radius 2 is 1.47 bits per heavy atom. The van der Waals surface area contributed by atoms with Gasteiger partial charge in [0.1, 0.15) is 29.7 Å². The number of nitrogens with zero attached hydrogens (tertiary/aromatic N) is 1. The number of ketones is 1. The van der Waals surface area contributed by atoms with Crippen LogP contribution in [0.1, 0.15) is 60.8 Å². The fourth-order valence-electron chi connectivity index (χ4n) is 10.0. The van der Waals surface area contributed by atoms with E-state index in [1.807, 2.05) is 66.7 Å². The Morgan fingerprint density at radius 1 is 0.764 bits per heavy atom. The van der Waals surface area contributed by atoms with Gasteiger partial charge in [0.2, 0.25) is 29.5 Å². The van der Waals surface area contributed by atoms with Gasteiger partial charge in [0.25, 0.3) is 5.91 Å². The summed E-state index contributed by atoms with van der Waals surface area (Å²) < 4.78 is 0. The predicted octanol–water partition coefficient (Wildman–Crippen LogP) is 0.985. The first-order valence-corrected chi connectivity index (χ1v) is 24.2. The Kier molecular flexibility index (Phi) is 15.6. The zero-order valence-corrected chi connectivity index (χ0v) is 39.7. The predicted molar refractivity (Wildman–Crippen MR) is 268 cm³/mol. The van der Waals surface area contributed by atoms with Gasteiger partial charge in [0, 0.05) is 49.3 Å². The second-order valence-corrected chi connectivity index (χ2v) is 18.8. The molecule has 5 aromatic rings. The van der Waals surface area contributed by atoms with Gasteiger partial charge in [-0.2, -0.15) is 0 Å². The minimum Gasteiger partial charge on any atom is -0.370 e. The topological polar surface area (TPSA) is 316 Å². The number of primary amides is 1. The third-order valence-corrected chi connectivity index (χ3v) is 13.8. The van der Waals surface area contributed by atoms with Crippen molar-refractivity contribution >= 4 is 74.9 Å². The number of amides is 8. The van der Waals surface area contributed by atoms with Gasteiger partial charge in [-0.3, -0.25) is 39.0 Å². The number of imide groups is 1. The molecule has 376 valence electrons. The van der Waals surface area contributed by atoms with Crippen LogP contribution in [0.4, 0.5) is 4.79 Å². The van der Waals surface area contributed by atoms with Gasteiger partial charge in [0.05, 0.1) is 12.6 Å². The molecule has 8 rings (SSSR count). The van der Waals surface area contributed by atoms with Gasteiger partial charge in [-0.15, -0.1) is 0 Å². The van der Waals surface area contributed by atoms with E-state index < -0.39 is 83.8 Å². The minimum atomic E-state index is -1.82. The number of fused-ring (bicyclic) bond motifs is 6. The van der Waals surface area contributed by atoms with Crippen LogP contribution >= 0.6 is 0 Å². The van der Waals surface area contributed by atoms with Crippen molar-refractivity contribution in [1.29, 1.82) is 5.41 Å². The number of hydrogen-bond acceptors (Lipinski definition) is 10. The van der Waals surface area contributed by atoms with Crippen LogP contribution in [-0.4, -0.2) is 118 Å². The summed E-state index contributed by atoms with van der Waals surface area (Å²) in [4.78, 5) is 117. The highest BCUT2D eigenvalue weighted by atomic mass is 16.2. The van der Waals surface area contributed by atoms with Crippen LogP contribution in [0.25, 0.3) is 21.7 Å². The molecule has 20 heteroatoms. The summed E-state index contributed by atoms with van der Waals surface area (Å²) in [6.07, 6.45) is 2.57. The van der Waals surface area contributed by atoms with E-state index in [4.69, 9.17) is 16.9 Å². The van der Waals surface area contributed by atoms with Crippen LogP contribution in [0.15, 0.2) is 97.2 Å². The lowest BCUT2D eigenvalue weighted by Crippen LogP contribution is -2.63. The summed E-state index contributed by atoms with van der Waals surface area (Å²) in [5.74, 6) is -5.30. The van der Waals surface area contributed by atoms with Gasteiger partial charge < -0.3 is 53.7 Å². The number of Topliss-reactive ketones (excluding diaryl/α,β-unsaturated/α-hetero) is 1. The van der Waals surface area contributed by atoms with Crippen molar-refractivity contribution in [2.45, 2.75) is 100.0 Å². The fourth-order valence-corrected chi connectivity index (χ4v) is 10.0. The van der Waals surface area contributed by atoms with Crippen molar-refractivity contribution in [1.82, 2.24) is 47.1 Å². The standard InChI is InChI=1S/C52H60N12O8/c53-45(67)38-16-7-8-20-56-40(23-30-18-19-31-10-1-2-11-32(31)22-30)43(65)25-42-48(70)64(51(72)63-42)52(26-33-12-3-4-13-34(33)27-52)49(71)59-29-44(66)60-39(17-9-21-57-50(54)55)46(68)62-41(47(69)61-38)24-35-28-58-37-15-6-5-14-36(35)37/h1-6,10-15,18-19,22,28,38-42,56,58H,7-9,16-17,20-21,23-27,29H2,(H2,53,67)(H,59,71)(H,60,66)(H,61,69)(H,62,68)(H,63,72)(H4,54,55,57)/t38-,39-,40+,41-,42-/m0/s1. The molecule has 20 nitrogen and oxygen atoms in total. The molecule has 4 aromatic carbocycles. The SMILES string of the molecule is N=C(N)NCCC[C@@H]1NC(=O)CNC(=O)C2(Cc3ccccc3C2)N2C(=O)N[C@@H](CC(=O)[C@@H](Cc3ccc4ccccc4c3)NCCCC[C@@H](C(N)=O)NC(=O)[C@H](Cc3c[nH]c4ccccc34)NC1=O)C2=O. The van der Waals surface area contributed by atoms with Gasteiger partial charge in [-0.1, -0.05) is 84.9 Å². The van der Waals surface area contributed by atoms with E-state index in [2.05, 4.69) is 42.2 Å². The molecule has 5 atom stereocenters. The molecule has 72 heavy (non-hydrogen) atoms. The molecular formula is C52H60N12O8. The van der Waals surface area contributed by atoms with E-state index in [1.54, 1.807) is 30.5 Å². The number of carbonyl (C=O) groups is 8. The molecule has 2 bridgehead atoms. The molecule has 1 aromatic heterocycles. The third kappa shape index (κ3) is 11.6. The summed E-state index contributed by atoms with van der Waals surface area (Å²) in [5.41, 5.74) is 13.3. The van der Waals surface area contributed by atoms with Crippen LogP contribution in [-0.2, 0) is 59.2 Å². The first-order valence-electron chi connectivity index (χ1n) is 24.2.